The molecule has 134 valence electrons. The van der Waals surface area contributed by atoms with Crippen molar-refractivity contribution in [2.75, 3.05) is 13.7 Å². The molecule has 0 aliphatic rings. The summed E-state index contributed by atoms with van der Waals surface area (Å²) >= 11 is 5.97. The van der Waals surface area contributed by atoms with Gasteiger partial charge in [0, 0.05) is 11.1 Å². The van der Waals surface area contributed by atoms with Gasteiger partial charge in [0.05, 0.1) is 13.2 Å². The summed E-state index contributed by atoms with van der Waals surface area (Å²) in [4.78, 5) is 12.1. The van der Waals surface area contributed by atoms with Gasteiger partial charge in [-0.1, -0.05) is 29.8 Å². The third-order valence-electron chi connectivity index (χ3n) is 3.61. The summed E-state index contributed by atoms with van der Waals surface area (Å²) in [6.07, 6.45) is 3.13. The molecular formula is C20H19ClN2O3. The Balaban J connectivity index is 2.02. The highest BCUT2D eigenvalue weighted by atomic mass is 35.5. The van der Waals surface area contributed by atoms with Crippen molar-refractivity contribution in [1.29, 1.82) is 5.26 Å². The molecule has 2 aromatic carbocycles. The fourth-order valence-corrected chi connectivity index (χ4v) is 2.51. The van der Waals surface area contributed by atoms with Crippen LogP contribution in [0.3, 0.4) is 0 Å². The van der Waals surface area contributed by atoms with Crippen LogP contribution in [0.15, 0.2) is 48.5 Å². The second kappa shape index (κ2) is 9.50. The van der Waals surface area contributed by atoms with Gasteiger partial charge in [0.25, 0.3) is 0 Å². The van der Waals surface area contributed by atoms with E-state index in [1.165, 1.54) is 13.2 Å². The number of hydrogen-bond donors (Lipinski definition) is 1. The first-order valence-corrected chi connectivity index (χ1v) is 8.33. The van der Waals surface area contributed by atoms with Crippen LogP contribution in [-0.2, 0) is 4.79 Å². The van der Waals surface area contributed by atoms with Gasteiger partial charge in [-0.2, -0.15) is 5.26 Å². The fourth-order valence-electron chi connectivity index (χ4n) is 2.31. The number of nitrogens with zero attached hydrogens (tertiary/aromatic N) is 1. The maximum absolute atomic E-state index is 12.1. The van der Waals surface area contributed by atoms with Crippen molar-refractivity contribution in [2.24, 2.45) is 0 Å². The van der Waals surface area contributed by atoms with Crippen molar-refractivity contribution < 1.29 is 14.3 Å². The molecule has 6 heteroatoms. The van der Waals surface area contributed by atoms with Crippen molar-refractivity contribution in [3.63, 3.8) is 0 Å². The molecule has 0 heterocycles. The summed E-state index contributed by atoms with van der Waals surface area (Å²) in [6.45, 7) is 1.83. The minimum Gasteiger partial charge on any atom is -0.493 e. The molecule has 0 saturated heterocycles. The second-order valence-corrected chi connectivity index (χ2v) is 5.91. The van der Waals surface area contributed by atoms with Gasteiger partial charge in [-0.05, 0) is 48.4 Å². The molecule has 0 fully saturated rings. The van der Waals surface area contributed by atoms with E-state index < -0.39 is 0 Å². The van der Waals surface area contributed by atoms with Gasteiger partial charge in [0.2, 0.25) is 5.91 Å². The number of methoxy groups -OCH3 is 1. The number of halogens is 1. The number of amides is 1. The summed E-state index contributed by atoms with van der Waals surface area (Å²) in [5.41, 5.74) is 1.71. The van der Waals surface area contributed by atoms with Gasteiger partial charge in [-0.3, -0.25) is 4.79 Å². The van der Waals surface area contributed by atoms with E-state index in [9.17, 15) is 4.79 Å². The fraction of sp³-hybridized carbons (Fsp3) is 0.200. The number of rotatable bonds is 7. The highest BCUT2D eigenvalue weighted by Gasteiger charge is 2.08. The van der Waals surface area contributed by atoms with Crippen LogP contribution in [-0.4, -0.2) is 19.6 Å². The van der Waals surface area contributed by atoms with Gasteiger partial charge < -0.3 is 14.8 Å². The molecule has 0 aromatic heterocycles. The van der Waals surface area contributed by atoms with Gasteiger partial charge in [-0.15, -0.1) is 0 Å². The monoisotopic (exact) mass is 370 g/mol. The van der Waals surface area contributed by atoms with Crippen LogP contribution in [0, 0.1) is 11.3 Å². The molecule has 26 heavy (non-hydrogen) atoms. The Morgan fingerprint density at radius 1 is 1.31 bits per heavy atom. The van der Waals surface area contributed by atoms with E-state index in [4.69, 9.17) is 26.3 Å². The molecular weight excluding hydrogens is 352 g/mol. The number of nitriles is 1. The third-order valence-corrected chi connectivity index (χ3v) is 3.85. The van der Waals surface area contributed by atoms with E-state index in [-0.39, 0.29) is 18.6 Å². The van der Waals surface area contributed by atoms with Gasteiger partial charge >= 0.3 is 0 Å². The molecule has 0 radical (unpaired) electrons. The molecule has 2 rings (SSSR count). The highest BCUT2D eigenvalue weighted by Crippen LogP contribution is 2.28. The minimum absolute atomic E-state index is 0.0602. The largest absolute Gasteiger partial charge is 0.493 e. The van der Waals surface area contributed by atoms with E-state index in [0.29, 0.717) is 16.5 Å². The standard InChI is InChI=1S/C20H19ClN2O3/c1-14(16-4-3-5-17(21)13-16)23-20(24)9-7-15-6-8-18(26-11-10-22)19(12-15)25-2/h3-9,12-14H,11H2,1-2H3,(H,23,24)/b9-7-/t14-/m0/s1. The van der Waals surface area contributed by atoms with Crippen molar-refractivity contribution in [1.82, 2.24) is 5.32 Å². The van der Waals surface area contributed by atoms with Crippen LogP contribution in [0.5, 0.6) is 11.5 Å². The number of carbonyl (C=O) groups is 1. The van der Waals surface area contributed by atoms with Crippen LogP contribution in [0.4, 0.5) is 0 Å². The van der Waals surface area contributed by atoms with Crippen molar-refractivity contribution in [2.45, 2.75) is 13.0 Å². The van der Waals surface area contributed by atoms with Gasteiger partial charge in [-0.25, -0.2) is 0 Å². The summed E-state index contributed by atoms with van der Waals surface area (Å²) in [5.74, 6) is 0.751. The Bertz CT molecular complexity index is 843. The van der Waals surface area contributed by atoms with E-state index in [1.807, 2.05) is 31.2 Å². The highest BCUT2D eigenvalue weighted by molar-refractivity contribution is 6.30. The average molecular weight is 371 g/mol. The number of nitrogens with one attached hydrogen (secondary N) is 1. The molecule has 0 aliphatic carbocycles. The first-order chi connectivity index (χ1) is 12.5. The quantitative estimate of drug-likeness (QED) is 0.743. The maximum Gasteiger partial charge on any atom is 0.244 e. The maximum atomic E-state index is 12.1. The number of carbonyl (C=O) groups excluding carboxylic acids is 1. The molecule has 0 bridgehead atoms. The zero-order valence-electron chi connectivity index (χ0n) is 14.5. The Morgan fingerprint density at radius 3 is 2.81 bits per heavy atom. The topological polar surface area (TPSA) is 71.3 Å². The molecule has 1 N–H and O–H groups in total. The molecule has 5 nitrogen and oxygen atoms in total. The molecule has 0 saturated carbocycles. The first kappa shape index (κ1) is 19.4. The third kappa shape index (κ3) is 5.54. The summed E-state index contributed by atoms with van der Waals surface area (Å²) < 4.78 is 10.5. The number of hydrogen-bond acceptors (Lipinski definition) is 4. The first-order valence-electron chi connectivity index (χ1n) is 7.95. The molecule has 1 amide bonds. The minimum atomic E-state index is -0.221. The van der Waals surface area contributed by atoms with Crippen molar-refractivity contribution in [3.05, 3.63) is 64.7 Å². The Kier molecular flexibility index (Phi) is 7.07. The van der Waals surface area contributed by atoms with E-state index >= 15 is 0 Å². The van der Waals surface area contributed by atoms with Crippen LogP contribution in [0.1, 0.15) is 24.1 Å². The number of benzene rings is 2. The Labute approximate surface area is 157 Å². The normalized spacial score (nSPS) is 11.6. The molecule has 2 aromatic rings. The van der Waals surface area contributed by atoms with E-state index in [2.05, 4.69) is 5.32 Å². The Hall–Kier alpha value is -2.97. The van der Waals surface area contributed by atoms with E-state index in [1.54, 1.807) is 30.3 Å². The second-order valence-electron chi connectivity index (χ2n) is 5.48. The zero-order valence-corrected chi connectivity index (χ0v) is 15.3. The lowest BCUT2D eigenvalue weighted by molar-refractivity contribution is -0.117. The van der Waals surface area contributed by atoms with Gasteiger partial charge in [0.15, 0.2) is 18.1 Å². The van der Waals surface area contributed by atoms with Crippen LogP contribution in [0.2, 0.25) is 5.02 Å². The van der Waals surface area contributed by atoms with Crippen LogP contribution in [0.25, 0.3) is 6.08 Å². The summed E-state index contributed by atoms with van der Waals surface area (Å²) in [5, 5.41) is 12.1. The Morgan fingerprint density at radius 2 is 2.12 bits per heavy atom. The van der Waals surface area contributed by atoms with Crippen molar-refractivity contribution >= 4 is 23.6 Å². The lowest BCUT2D eigenvalue weighted by Crippen LogP contribution is -2.24. The van der Waals surface area contributed by atoms with E-state index in [0.717, 1.165) is 11.1 Å². The van der Waals surface area contributed by atoms with Crippen LogP contribution >= 0.6 is 11.6 Å². The molecule has 0 aliphatic heterocycles. The number of ether oxygens (including phenoxy) is 2. The van der Waals surface area contributed by atoms with Gasteiger partial charge in [0.1, 0.15) is 6.07 Å². The lowest BCUT2D eigenvalue weighted by Gasteiger charge is -2.13. The summed E-state index contributed by atoms with van der Waals surface area (Å²) in [7, 11) is 1.52. The smallest absolute Gasteiger partial charge is 0.244 e. The predicted molar refractivity (Wildman–Crippen MR) is 101 cm³/mol. The lowest BCUT2D eigenvalue weighted by atomic mass is 10.1. The predicted octanol–water partition coefficient (Wildman–Crippen LogP) is 4.14. The molecule has 0 unspecified atom stereocenters. The SMILES string of the molecule is COc1cc(/C=C\C(=O)N[C@@H](C)c2cccc(Cl)c2)ccc1OCC#N. The molecule has 0 spiro atoms. The van der Waals surface area contributed by atoms with Crippen LogP contribution < -0.4 is 14.8 Å². The molecule has 1 atom stereocenters. The average Bonchev–Trinajstić information content (AvgIpc) is 2.64. The zero-order chi connectivity index (χ0) is 18.9. The summed E-state index contributed by atoms with van der Waals surface area (Å²) in [6, 6.07) is 14.3. The van der Waals surface area contributed by atoms with Crippen molar-refractivity contribution in [3.8, 4) is 17.6 Å².